The third kappa shape index (κ3) is 13.6. The lowest BCUT2D eigenvalue weighted by atomic mass is 9.85. The van der Waals surface area contributed by atoms with Crippen LogP contribution in [0.4, 0.5) is 21.6 Å². The van der Waals surface area contributed by atoms with Crippen LogP contribution in [0.3, 0.4) is 0 Å². The van der Waals surface area contributed by atoms with Gasteiger partial charge in [0.15, 0.2) is 5.82 Å². The zero-order chi connectivity index (χ0) is 55.1. The number of hydrogen-bond donors (Lipinski definition) is 5. The summed E-state index contributed by atoms with van der Waals surface area (Å²) in [7, 11) is 0. The summed E-state index contributed by atoms with van der Waals surface area (Å²) >= 11 is 1.58. The number of thiazole rings is 1. The second-order valence-electron chi connectivity index (χ2n) is 22.8. The lowest BCUT2D eigenvalue weighted by Gasteiger charge is -2.43. The lowest BCUT2D eigenvalue weighted by molar-refractivity contribution is -0.144. The summed E-state index contributed by atoms with van der Waals surface area (Å²) in [6.07, 6.45) is 7.43. The molecule has 0 saturated carbocycles. The van der Waals surface area contributed by atoms with Crippen LogP contribution in [0.2, 0.25) is 0 Å². The number of carbonyl (C=O) groups is 4. The molecular weight excluding hydrogens is 1010 g/mol. The van der Waals surface area contributed by atoms with Gasteiger partial charge in [-0.1, -0.05) is 82.9 Å². The average Bonchev–Trinajstić information content (AvgIpc) is 4.15. The van der Waals surface area contributed by atoms with Crippen LogP contribution in [0.5, 0.6) is 5.75 Å². The van der Waals surface area contributed by atoms with E-state index < -0.39 is 29.4 Å². The molecule has 17 nitrogen and oxygen atoms in total. The molecule has 4 fully saturated rings. The fraction of sp³-hybridized carbons (Fsp3) is 0.508. The van der Waals surface area contributed by atoms with Crippen LogP contribution in [0.25, 0.3) is 21.7 Å². The summed E-state index contributed by atoms with van der Waals surface area (Å²) in [5.41, 5.74) is 14.3. The minimum Gasteiger partial charge on any atom is -0.507 e. The molecule has 2 bridgehead atoms. The Morgan fingerprint density at radius 3 is 2.24 bits per heavy atom. The molecule has 4 saturated heterocycles. The number of phenolic OH excluding ortho intramolecular Hbond substituents is 1. The quantitative estimate of drug-likeness (QED) is 0.0481. The highest BCUT2D eigenvalue weighted by Gasteiger charge is 2.45. The van der Waals surface area contributed by atoms with Crippen molar-refractivity contribution >= 4 is 52.2 Å². The standard InChI is InChI=1S/C59H76FN11O6S/c1-38-54(78-37-63-38)41-18-16-39(17-19-41)32-62-57(76)50-30-46(72)36-70(50)58(77)55(59(2,3)4)64-52(74)14-9-7-5-6-8-10-15-53(75)68-26-24-67(25-27-68)33-40-12-11-13-43(28-40)71-44-21-22-45(71)35-69(34-44)49-31-48(65-66-56(49)61)47-29-42(60)20-23-51(47)73/h11-13,16-20,23,28-29,31,37,44-46,50,55,72-73H,5-10,14-15,21-22,24-27,30,32-36H2,1-4H3,(H2,61,66)(H,62,76)(H,64,74)/t44?,45?,46-,50+,55-/m1/s1. The number of aromatic nitrogens is 3. The summed E-state index contributed by atoms with van der Waals surface area (Å²) in [5.74, 6) is -0.954. The number of nitrogens with one attached hydrogen (secondary N) is 2. The molecule has 9 rings (SSSR count). The molecule has 6 heterocycles. The molecular formula is C59H76FN11O6S. The Labute approximate surface area is 461 Å². The number of piperazine rings is 2. The minimum atomic E-state index is -0.869. The van der Waals surface area contributed by atoms with Crippen LogP contribution in [0, 0.1) is 18.2 Å². The van der Waals surface area contributed by atoms with Crippen LogP contribution in [-0.2, 0) is 32.3 Å². The first-order valence-corrected chi connectivity index (χ1v) is 28.7. The smallest absolute Gasteiger partial charge is 0.246 e. The van der Waals surface area contributed by atoms with Crippen LogP contribution >= 0.6 is 11.3 Å². The summed E-state index contributed by atoms with van der Waals surface area (Å²) < 4.78 is 14.1. The fourth-order valence-corrected chi connectivity index (χ4v) is 12.5. The first kappa shape index (κ1) is 56.0. The Bertz CT molecular complexity index is 2890. The highest BCUT2D eigenvalue weighted by Crippen LogP contribution is 2.40. The van der Waals surface area contributed by atoms with Gasteiger partial charge in [-0.3, -0.25) is 24.1 Å². The third-order valence-corrected chi connectivity index (χ3v) is 16.9. The van der Waals surface area contributed by atoms with Crippen LogP contribution < -0.4 is 26.2 Å². The average molecular weight is 1090 g/mol. The van der Waals surface area contributed by atoms with Crippen molar-refractivity contribution in [2.24, 2.45) is 5.41 Å². The molecule has 3 aromatic carbocycles. The molecule has 6 N–H and O–H groups in total. The van der Waals surface area contributed by atoms with Gasteiger partial charge in [0.1, 0.15) is 23.7 Å². The molecule has 2 aromatic heterocycles. The minimum absolute atomic E-state index is 0.0217. The number of rotatable bonds is 20. The number of nitrogens with zero attached hydrogens (tertiary/aromatic N) is 8. The molecule has 4 amide bonds. The first-order chi connectivity index (χ1) is 37.5. The predicted molar refractivity (Wildman–Crippen MR) is 302 cm³/mol. The van der Waals surface area contributed by atoms with Gasteiger partial charge in [0.2, 0.25) is 23.6 Å². The SMILES string of the molecule is Cc1ncsc1-c1ccc(CNC(=O)[C@@H]2C[C@@H](O)CN2C(=O)[C@@H](NC(=O)CCCCCCCCC(=O)N2CCN(Cc3cccc(N4C5CCC4CN(c4cc(-c6cc(F)ccc6O)nnc4N)C5)c3)CC2)C(C)(C)C)cc1. The van der Waals surface area contributed by atoms with E-state index in [1.807, 2.05) is 62.4 Å². The molecule has 4 aliphatic heterocycles. The van der Waals surface area contributed by atoms with Gasteiger partial charge in [-0.15, -0.1) is 21.5 Å². The molecule has 0 spiro atoms. The van der Waals surface area contributed by atoms with Gasteiger partial charge in [0.25, 0.3) is 0 Å². The molecule has 0 aliphatic carbocycles. The predicted octanol–water partition coefficient (Wildman–Crippen LogP) is 7.43. The number of β-amino-alcohol motifs (C(OH)–C–C–N with tert-alkyl or cyclic N) is 1. The maximum atomic E-state index is 14.1. The highest BCUT2D eigenvalue weighted by molar-refractivity contribution is 7.13. The van der Waals surface area contributed by atoms with Gasteiger partial charge in [-0.05, 0) is 91.1 Å². The van der Waals surface area contributed by atoms with Gasteiger partial charge in [0, 0.05) is 101 Å². The number of anilines is 3. The van der Waals surface area contributed by atoms with Crippen LogP contribution in [0.1, 0.15) is 108 Å². The number of phenols is 1. The van der Waals surface area contributed by atoms with Gasteiger partial charge < -0.3 is 46.2 Å². The number of carbonyl (C=O) groups excluding carboxylic acids is 4. The Hall–Kier alpha value is -6.70. The van der Waals surface area contributed by atoms with E-state index in [4.69, 9.17) is 5.73 Å². The van der Waals surface area contributed by atoms with Crippen LogP contribution in [-0.4, -0.2) is 140 Å². The maximum Gasteiger partial charge on any atom is 0.246 e. The van der Waals surface area contributed by atoms with Crippen molar-refractivity contribution in [3.05, 3.63) is 101 Å². The Kier molecular flexibility index (Phi) is 17.9. The Balaban J connectivity index is 0.651. The number of amides is 4. The molecule has 2 unspecified atom stereocenters. The largest absolute Gasteiger partial charge is 0.507 e. The monoisotopic (exact) mass is 1090 g/mol. The number of benzene rings is 3. The van der Waals surface area contributed by atoms with E-state index in [1.165, 1.54) is 34.3 Å². The number of aliphatic hydroxyl groups excluding tert-OH is 1. The number of nitrogen functional groups attached to an aromatic ring is 1. The first-order valence-electron chi connectivity index (χ1n) is 27.8. The summed E-state index contributed by atoms with van der Waals surface area (Å²) in [4.78, 5) is 70.2. The Morgan fingerprint density at radius 2 is 1.55 bits per heavy atom. The topological polar surface area (TPSA) is 214 Å². The molecule has 5 aromatic rings. The fourth-order valence-electron chi connectivity index (χ4n) is 11.7. The number of hydrogen-bond acceptors (Lipinski definition) is 14. The van der Waals surface area contributed by atoms with Gasteiger partial charge >= 0.3 is 0 Å². The number of aromatic hydroxyl groups is 1. The second kappa shape index (κ2) is 25.0. The number of aryl methyl sites for hydroxylation is 1. The van der Waals surface area contributed by atoms with Crippen molar-refractivity contribution < 1.29 is 33.8 Å². The van der Waals surface area contributed by atoms with Gasteiger partial charge in [-0.2, -0.15) is 0 Å². The van der Waals surface area contributed by atoms with E-state index in [2.05, 4.69) is 64.8 Å². The normalized spacial score (nSPS) is 20.0. The summed E-state index contributed by atoms with van der Waals surface area (Å²) in [6.45, 7) is 13.3. The number of halogens is 1. The van der Waals surface area contributed by atoms with E-state index in [9.17, 15) is 33.8 Å². The van der Waals surface area contributed by atoms with Crippen molar-refractivity contribution in [1.82, 2.24) is 40.5 Å². The highest BCUT2D eigenvalue weighted by atomic mass is 32.1. The summed E-state index contributed by atoms with van der Waals surface area (Å²) in [5, 5.41) is 35.3. The van der Waals surface area contributed by atoms with E-state index >= 15 is 0 Å². The number of fused-ring (bicyclic) bond motifs is 2. The van der Waals surface area contributed by atoms with E-state index in [0.29, 0.717) is 37.4 Å². The molecule has 4 aliphatic rings. The maximum absolute atomic E-state index is 14.1. The van der Waals surface area contributed by atoms with E-state index in [-0.39, 0.29) is 73.0 Å². The van der Waals surface area contributed by atoms with Crippen molar-refractivity contribution in [1.29, 1.82) is 0 Å². The molecule has 5 atom stereocenters. The Morgan fingerprint density at radius 1 is 0.846 bits per heavy atom. The number of aliphatic hydroxyl groups is 1. The number of unbranched alkanes of at least 4 members (excludes halogenated alkanes) is 5. The zero-order valence-corrected chi connectivity index (χ0v) is 46.3. The molecule has 0 radical (unpaired) electrons. The molecule has 19 heteroatoms. The third-order valence-electron chi connectivity index (χ3n) is 16.0. The molecule has 78 heavy (non-hydrogen) atoms. The van der Waals surface area contributed by atoms with Gasteiger partial charge in [0.05, 0.1) is 33.6 Å². The zero-order valence-electron chi connectivity index (χ0n) is 45.5. The molecule has 416 valence electrons. The lowest BCUT2D eigenvalue weighted by Crippen LogP contribution is -2.57. The van der Waals surface area contributed by atoms with E-state index in [0.717, 1.165) is 105 Å². The van der Waals surface area contributed by atoms with Crippen molar-refractivity contribution in [2.45, 2.75) is 142 Å². The van der Waals surface area contributed by atoms with Crippen molar-refractivity contribution in [2.75, 3.05) is 61.3 Å². The van der Waals surface area contributed by atoms with E-state index in [1.54, 1.807) is 17.4 Å². The second-order valence-corrected chi connectivity index (χ2v) is 23.6. The van der Waals surface area contributed by atoms with Gasteiger partial charge in [-0.25, -0.2) is 9.37 Å². The van der Waals surface area contributed by atoms with Crippen molar-refractivity contribution in [3.8, 4) is 27.4 Å². The number of likely N-dealkylation sites (tertiary alicyclic amines) is 1. The number of nitrogens with two attached hydrogens (primary N) is 1. The summed E-state index contributed by atoms with van der Waals surface area (Å²) in [6, 6.07) is 21.2. The van der Waals surface area contributed by atoms with Crippen LogP contribution in [0.15, 0.2) is 78.3 Å². The van der Waals surface area contributed by atoms with Crippen molar-refractivity contribution in [3.63, 3.8) is 0 Å².